The van der Waals surface area contributed by atoms with E-state index in [9.17, 15) is 4.79 Å². The van der Waals surface area contributed by atoms with Crippen LogP contribution in [0.4, 0.5) is 0 Å². The Labute approximate surface area is 93.5 Å². The van der Waals surface area contributed by atoms with Gasteiger partial charge in [0.2, 0.25) is 0 Å². The lowest BCUT2D eigenvalue weighted by molar-refractivity contribution is 0.612. The first-order valence-corrected chi connectivity index (χ1v) is 6.40. The van der Waals surface area contributed by atoms with Crippen molar-refractivity contribution in [2.24, 2.45) is 5.92 Å². The first-order valence-electron chi connectivity index (χ1n) is 5.52. The number of H-pyrrole nitrogens is 1. The van der Waals surface area contributed by atoms with Gasteiger partial charge in [0.1, 0.15) is 0 Å². The van der Waals surface area contributed by atoms with E-state index < -0.39 is 0 Å². The summed E-state index contributed by atoms with van der Waals surface area (Å²) in [6, 6.07) is 0. The molecule has 1 heterocycles. The molecular formula is C10H17N3OS. The molecule has 1 aromatic rings. The number of nitrogens with zero attached hydrogens (tertiary/aromatic N) is 2. The molecule has 4 nitrogen and oxygen atoms in total. The molecule has 2 unspecified atom stereocenters. The summed E-state index contributed by atoms with van der Waals surface area (Å²) in [7, 11) is 0. The molecule has 15 heavy (non-hydrogen) atoms. The molecule has 1 N–H and O–H groups in total. The molecule has 0 spiro atoms. The summed E-state index contributed by atoms with van der Waals surface area (Å²) in [6.45, 7) is 4.95. The molecular weight excluding hydrogens is 210 g/mol. The summed E-state index contributed by atoms with van der Waals surface area (Å²) in [4.78, 5) is 11.3. The molecule has 0 saturated heterocycles. The van der Waals surface area contributed by atoms with Crippen molar-refractivity contribution in [3.63, 3.8) is 0 Å². The van der Waals surface area contributed by atoms with E-state index in [2.05, 4.69) is 17.1 Å². The van der Waals surface area contributed by atoms with Crippen LogP contribution in [-0.2, 0) is 6.54 Å². The quantitative estimate of drug-likeness (QED) is 0.857. The van der Waals surface area contributed by atoms with Gasteiger partial charge in [-0.05, 0) is 32.1 Å². The van der Waals surface area contributed by atoms with Crippen molar-refractivity contribution in [1.29, 1.82) is 0 Å². The number of aromatic amines is 1. The molecule has 0 bridgehead atoms. The lowest BCUT2D eigenvalue weighted by Crippen LogP contribution is -2.16. The van der Waals surface area contributed by atoms with Crippen molar-refractivity contribution in [2.75, 3.05) is 0 Å². The third-order valence-corrected chi connectivity index (χ3v) is 4.24. The third kappa shape index (κ3) is 2.27. The number of hydrogen-bond donors (Lipinski definition) is 1. The largest absolute Gasteiger partial charge is 0.343 e. The summed E-state index contributed by atoms with van der Waals surface area (Å²) >= 11 is 1.75. The predicted molar refractivity (Wildman–Crippen MR) is 61.2 cm³/mol. The highest BCUT2D eigenvalue weighted by atomic mass is 32.2. The van der Waals surface area contributed by atoms with E-state index in [1.54, 1.807) is 16.3 Å². The van der Waals surface area contributed by atoms with Gasteiger partial charge in [0.25, 0.3) is 0 Å². The minimum Gasteiger partial charge on any atom is -0.270 e. The van der Waals surface area contributed by atoms with Crippen LogP contribution in [0.3, 0.4) is 0 Å². The average Bonchev–Trinajstić information content (AvgIpc) is 2.75. The topological polar surface area (TPSA) is 50.7 Å². The van der Waals surface area contributed by atoms with Gasteiger partial charge in [-0.2, -0.15) is 0 Å². The van der Waals surface area contributed by atoms with Crippen molar-refractivity contribution in [1.82, 2.24) is 14.8 Å². The SMILES string of the molecule is CCn1c(SC2CCC(C)C2)n[nH]c1=O. The van der Waals surface area contributed by atoms with Gasteiger partial charge in [0.15, 0.2) is 5.16 Å². The maximum atomic E-state index is 11.3. The van der Waals surface area contributed by atoms with Gasteiger partial charge in [0, 0.05) is 11.8 Å². The zero-order valence-corrected chi connectivity index (χ0v) is 10.0. The summed E-state index contributed by atoms with van der Waals surface area (Å²) in [6.07, 6.45) is 3.80. The molecule has 84 valence electrons. The number of aromatic nitrogens is 3. The lowest BCUT2D eigenvalue weighted by atomic mass is 10.1. The van der Waals surface area contributed by atoms with Crippen LogP contribution in [0.25, 0.3) is 0 Å². The fourth-order valence-corrected chi connectivity index (χ4v) is 3.50. The molecule has 5 heteroatoms. The second kappa shape index (κ2) is 4.43. The van der Waals surface area contributed by atoms with Crippen LogP contribution in [0.5, 0.6) is 0 Å². The van der Waals surface area contributed by atoms with Crippen molar-refractivity contribution < 1.29 is 0 Å². The van der Waals surface area contributed by atoms with Crippen LogP contribution in [0.15, 0.2) is 9.95 Å². The van der Waals surface area contributed by atoms with Crippen LogP contribution < -0.4 is 5.69 Å². The Kier molecular flexibility index (Phi) is 3.19. The Bertz CT molecular complexity index is 384. The summed E-state index contributed by atoms with van der Waals surface area (Å²) in [5, 5.41) is 8.06. The molecule has 0 aliphatic heterocycles. The molecule has 0 amide bonds. The number of rotatable bonds is 3. The maximum absolute atomic E-state index is 11.3. The van der Waals surface area contributed by atoms with Crippen molar-refractivity contribution in [3.05, 3.63) is 10.5 Å². The van der Waals surface area contributed by atoms with Crippen LogP contribution in [0.1, 0.15) is 33.1 Å². The molecule has 1 fully saturated rings. The smallest absolute Gasteiger partial charge is 0.270 e. The van der Waals surface area contributed by atoms with Gasteiger partial charge in [0.05, 0.1) is 0 Å². The maximum Gasteiger partial charge on any atom is 0.343 e. The normalized spacial score (nSPS) is 26.0. The van der Waals surface area contributed by atoms with E-state index in [-0.39, 0.29) is 5.69 Å². The first kappa shape index (κ1) is 10.8. The van der Waals surface area contributed by atoms with Gasteiger partial charge >= 0.3 is 5.69 Å². The number of thioether (sulfide) groups is 1. The van der Waals surface area contributed by atoms with Gasteiger partial charge in [-0.25, -0.2) is 9.89 Å². The third-order valence-electron chi connectivity index (χ3n) is 2.96. The zero-order chi connectivity index (χ0) is 10.8. The second-order valence-electron chi connectivity index (χ2n) is 4.21. The van der Waals surface area contributed by atoms with E-state index in [1.165, 1.54) is 19.3 Å². The average molecular weight is 227 g/mol. The Morgan fingerprint density at radius 1 is 1.60 bits per heavy atom. The van der Waals surface area contributed by atoms with Crippen LogP contribution >= 0.6 is 11.8 Å². The highest BCUT2D eigenvalue weighted by molar-refractivity contribution is 7.99. The van der Waals surface area contributed by atoms with Crippen LogP contribution in [0, 0.1) is 5.92 Å². The summed E-state index contributed by atoms with van der Waals surface area (Å²) < 4.78 is 1.70. The minimum absolute atomic E-state index is 0.0916. The van der Waals surface area contributed by atoms with E-state index in [1.807, 2.05) is 6.92 Å². The lowest BCUT2D eigenvalue weighted by Gasteiger charge is -2.08. The summed E-state index contributed by atoms with van der Waals surface area (Å²) in [5.41, 5.74) is -0.0916. The molecule has 2 rings (SSSR count). The predicted octanol–water partition coefficient (Wildman–Crippen LogP) is 1.87. The number of hydrogen-bond acceptors (Lipinski definition) is 3. The van der Waals surface area contributed by atoms with Gasteiger partial charge in [-0.1, -0.05) is 18.7 Å². The molecule has 1 aliphatic carbocycles. The van der Waals surface area contributed by atoms with Crippen LogP contribution in [-0.4, -0.2) is 20.0 Å². The minimum atomic E-state index is -0.0916. The fourth-order valence-electron chi connectivity index (χ4n) is 2.08. The number of nitrogens with one attached hydrogen (secondary N) is 1. The van der Waals surface area contributed by atoms with Crippen LogP contribution in [0.2, 0.25) is 0 Å². The van der Waals surface area contributed by atoms with E-state index in [0.717, 1.165) is 11.1 Å². The standard InChI is InChI=1S/C10H17N3OS/c1-3-13-9(14)11-12-10(13)15-8-5-4-7(2)6-8/h7-8H,3-6H2,1-2H3,(H,11,14). The van der Waals surface area contributed by atoms with Gasteiger partial charge < -0.3 is 0 Å². The monoisotopic (exact) mass is 227 g/mol. The van der Waals surface area contributed by atoms with Gasteiger partial charge in [-0.3, -0.25) is 4.57 Å². The Balaban J connectivity index is 2.07. The Morgan fingerprint density at radius 3 is 3.00 bits per heavy atom. The van der Waals surface area contributed by atoms with Crippen molar-refractivity contribution in [3.8, 4) is 0 Å². The Hall–Kier alpha value is -0.710. The molecule has 2 atom stereocenters. The van der Waals surface area contributed by atoms with Crippen molar-refractivity contribution in [2.45, 2.75) is 50.1 Å². The zero-order valence-electron chi connectivity index (χ0n) is 9.19. The summed E-state index contributed by atoms with van der Waals surface area (Å²) in [5.74, 6) is 0.822. The highest BCUT2D eigenvalue weighted by Crippen LogP contribution is 2.36. The van der Waals surface area contributed by atoms with Crippen molar-refractivity contribution >= 4 is 11.8 Å². The molecule has 0 radical (unpaired) electrons. The second-order valence-corrected chi connectivity index (χ2v) is 5.48. The molecule has 0 aromatic carbocycles. The van der Waals surface area contributed by atoms with Gasteiger partial charge in [-0.15, -0.1) is 5.10 Å². The van der Waals surface area contributed by atoms with E-state index in [4.69, 9.17) is 0 Å². The van der Waals surface area contributed by atoms with E-state index in [0.29, 0.717) is 11.8 Å². The fraction of sp³-hybridized carbons (Fsp3) is 0.800. The van der Waals surface area contributed by atoms with E-state index >= 15 is 0 Å². The Morgan fingerprint density at radius 2 is 2.40 bits per heavy atom. The molecule has 1 aliphatic rings. The molecule has 1 aromatic heterocycles. The highest BCUT2D eigenvalue weighted by Gasteiger charge is 2.24. The molecule has 1 saturated carbocycles. The first-order chi connectivity index (χ1) is 7.20.